The van der Waals surface area contributed by atoms with Crippen molar-refractivity contribution in [2.75, 3.05) is 40.0 Å². The van der Waals surface area contributed by atoms with Crippen LogP contribution in [0.1, 0.15) is 49.5 Å². The van der Waals surface area contributed by atoms with Crippen molar-refractivity contribution < 1.29 is 32.9 Å². The van der Waals surface area contributed by atoms with Crippen LogP contribution < -0.4 is 10.1 Å². The van der Waals surface area contributed by atoms with Crippen LogP contribution in [0.3, 0.4) is 0 Å². The van der Waals surface area contributed by atoms with Crippen LogP contribution in [-0.2, 0) is 20.8 Å². The monoisotopic (exact) mass is 569 g/mol. The fourth-order valence-electron chi connectivity index (χ4n) is 4.92. The Hall–Kier alpha value is -3.63. The number of aromatic nitrogens is 1. The minimum absolute atomic E-state index is 0.190. The number of benzene rings is 2. The van der Waals surface area contributed by atoms with Gasteiger partial charge in [-0.15, -0.1) is 0 Å². The first-order valence-corrected chi connectivity index (χ1v) is 14.0. The maximum Gasteiger partial charge on any atom is 0.407 e. The molecule has 1 fully saturated rings. The average Bonchev–Trinajstić information content (AvgIpc) is 3.30. The summed E-state index contributed by atoms with van der Waals surface area (Å²) in [5.41, 5.74) is 1.27. The zero-order valence-electron chi connectivity index (χ0n) is 24.2. The van der Waals surface area contributed by atoms with E-state index in [1.165, 1.54) is 19.2 Å². The molecule has 2 aromatic carbocycles. The van der Waals surface area contributed by atoms with E-state index in [4.69, 9.17) is 18.9 Å². The average molecular weight is 570 g/mol. The van der Waals surface area contributed by atoms with Crippen molar-refractivity contribution in [2.45, 2.75) is 51.9 Å². The number of esters is 1. The Kier molecular flexibility index (Phi) is 10.2. The Bertz CT molecular complexity index is 1300. The fraction of sp³-hybridized carbons (Fsp3) is 0.484. The van der Waals surface area contributed by atoms with Gasteiger partial charge in [0.25, 0.3) is 0 Å². The van der Waals surface area contributed by atoms with Crippen molar-refractivity contribution in [3.05, 3.63) is 65.5 Å². The molecular weight excluding hydrogens is 529 g/mol. The van der Waals surface area contributed by atoms with E-state index in [0.717, 1.165) is 31.5 Å². The maximum absolute atomic E-state index is 13.8. The number of carbonyl (C=O) groups excluding carboxylic acids is 2. The van der Waals surface area contributed by atoms with E-state index in [1.807, 2.05) is 51.1 Å². The van der Waals surface area contributed by atoms with E-state index < -0.39 is 23.5 Å². The molecule has 0 spiro atoms. The van der Waals surface area contributed by atoms with Crippen molar-refractivity contribution >= 4 is 23.0 Å². The van der Waals surface area contributed by atoms with Crippen LogP contribution in [0.5, 0.6) is 5.88 Å². The molecule has 1 aromatic heterocycles. The lowest BCUT2D eigenvalue weighted by molar-refractivity contribution is 0.0309. The highest BCUT2D eigenvalue weighted by atomic mass is 19.1. The molecule has 0 saturated carbocycles. The molecule has 1 aliphatic rings. The number of hydrogen-bond acceptors (Lipinski definition) is 7. The predicted molar refractivity (Wildman–Crippen MR) is 154 cm³/mol. The van der Waals surface area contributed by atoms with Gasteiger partial charge in [-0.2, -0.15) is 0 Å². The lowest BCUT2D eigenvalue weighted by Crippen LogP contribution is -2.49. The summed E-state index contributed by atoms with van der Waals surface area (Å²) in [7, 11) is 1.45. The van der Waals surface area contributed by atoms with E-state index in [-0.39, 0.29) is 30.0 Å². The minimum Gasteiger partial charge on any atom is -0.482 e. The van der Waals surface area contributed by atoms with Crippen LogP contribution in [0.2, 0.25) is 0 Å². The van der Waals surface area contributed by atoms with Gasteiger partial charge in [-0.1, -0.05) is 30.3 Å². The minimum atomic E-state index is -0.597. The van der Waals surface area contributed by atoms with Crippen LogP contribution in [0, 0.1) is 11.7 Å². The number of alkyl carbamates (subject to hydrolysis) is 1. The van der Waals surface area contributed by atoms with Gasteiger partial charge < -0.3 is 34.1 Å². The van der Waals surface area contributed by atoms with Gasteiger partial charge in [0, 0.05) is 17.4 Å². The van der Waals surface area contributed by atoms with Gasteiger partial charge in [-0.3, -0.25) is 0 Å². The normalized spacial score (nSPS) is 15.4. The van der Waals surface area contributed by atoms with E-state index in [9.17, 15) is 14.0 Å². The van der Waals surface area contributed by atoms with Crippen molar-refractivity contribution in [1.29, 1.82) is 0 Å². The molecule has 2 N–H and O–H groups in total. The smallest absolute Gasteiger partial charge is 0.407 e. The summed E-state index contributed by atoms with van der Waals surface area (Å²) >= 11 is 0. The number of nitrogens with zero attached hydrogens (tertiary/aromatic N) is 1. The Balaban J connectivity index is 1.28. The third kappa shape index (κ3) is 8.93. The molecule has 9 nitrogen and oxygen atoms in total. The van der Waals surface area contributed by atoms with Crippen molar-refractivity contribution in [3.63, 3.8) is 0 Å². The molecule has 222 valence electrons. The van der Waals surface area contributed by atoms with E-state index in [2.05, 4.69) is 15.2 Å². The summed E-state index contributed by atoms with van der Waals surface area (Å²) in [5, 5.41) is 3.39. The van der Waals surface area contributed by atoms with Crippen molar-refractivity contribution in [3.8, 4) is 5.88 Å². The Labute approximate surface area is 240 Å². The van der Waals surface area contributed by atoms with Crippen LogP contribution in [-0.4, -0.2) is 73.5 Å². The predicted octanol–water partition coefficient (Wildman–Crippen LogP) is 5.29. The zero-order valence-corrected chi connectivity index (χ0v) is 24.2. The van der Waals surface area contributed by atoms with Gasteiger partial charge >= 0.3 is 12.1 Å². The number of amides is 1. The Morgan fingerprint density at radius 1 is 1.12 bits per heavy atom. The highest BCUT2D eigenvalue weighted by molar-refractivity contribution is 6.06. The number of rotatable bonds is 11. The number of aromatic amines is 1. The molecule has 0 aliphatic carbocycles. The third-order valence-corrected chi connectivity index (χ3v) is 6.92. The van der Waals surface area contributed by atoms with E-state index in [0.29, 0.717) is 30.7 Å². The second-order valence-electron chi connectivity index (χ2n) is 11.4. The number of piperidine rings is 1. The molecule has 1 atom stereocenters. The first-order valence-electron chi connectivity index (χ1n) is 14.0. The zero-order chi connectivity index (χ0) is 29.4. The quantitative estimate of drug-likeness (QED) is 0.303. The first kappa shape index (κ1) is 30.3. The fourth-order valence-corrected chi connectivity index (χ4v) is 4.92. The van der Waals surface area contributed by atoms with Gasteiger partial charge in [0.2, 0.25) is 5.88 Å². The number of fused-ring (bicyclic) bond motifs is 1. The molecule has 1 saturated heterocycles. The molecule has 1 amide bonds. The van der Waals surface area contributed by atoms with Gasteiger partial charge in [0.15, 0.2) is 0 Å². The topological polar surface area (TPSA) is 102 Å². The Morgan fingerprint density at radius 3 is 2.54 bits per heavy atom. The Morgan fingerprint density at radius 2 is 1.85 bits per heavy atom. The number of likely N-dealkylation sites (tertiary alicyclic amines) is 1. The van der Waals surface area contributed by atoms with Crippen LogP contribution in [0.4, 0.5) is 9.18 Å². The molecule has 0 bridgehead atoms. The standard InChI is InChI=1S/C31H40FN3O6/c1-31(2,3)41-30(37)33-24(20-39-18-21-8-6-5-7-9-21)17-35-14-12-22(13-15-35)19-40-29(36)27-25-16-23(32)10-11-26(25)34-28(27)38-4/h5-11,16,22,24,34H,12-15,17-20H2,1-4H3,(H,33,37)/t24-/m1/s1. The molecule has 10 heteroatoms. The van der Waals surface area contributed by atoms with Gasteiger partial charge in [-0.25, -0.2) is 14.0 Å². The number of halogens is 1. The summed E-state index contributed by atoms with van der Waals surface area (Å²) < 4.78 is 36.2. The molecule has 4 rings (SSSR count). The molecule has 2 heterocycles. The number of ether oxygens (including phenoxy) is 4. The first-order chi connectivity index (χ1) is 19.6. The lowest BCUT2D eigenvalue weighted by Gasteiger charge is -2.34. The molecule has 1 aliphatic heterocycles. The van der Waals surface area contributed by atoms with Gasteiger partial charge in [-0.05, 0) is 76.4 Å². The van der Waals surface area contributed by atoms with Crippen LogP contribution in [0.15, 0.2) is 48.5 Å². The number of carbonyl (C=O) groups is 2. The molecule has 41 heavy (non-hydrogen) atoms. The molecule has 0 unspecified atom stereocenters. The number of nitrogens with one attached hydrogen (secondary N) is 2. The maximum atomic E-state index is 13.8. The summed E-state index contributed by atoms with van der Waals surface area (Å²) in [4.78, 5) is 30.7. The van der Waals surface area contributed by atoms with Crippen LogP contribution >= 0.6 is 0 Å². The third-order valence-electron chi connectivity index (χ3n) is 6.92. The van der Waals surface area contributed by atoms with Crippen LogP contribution in [0.25, 0.3) is 10.9 Å². The van der Waals surface area contributed by atoms with Crippen molar-refractivity contribution in [1.82, 2.24) is 15.2 Å². The van der Waals surface area contributed by atoms with Gasteiger partial charge in [0.05, 0.1) is 33.0 Å². The number of H-pyrrole nitrogens is 1. The SMILES string of the molecule is COc1[nH]c2ccc(F)cc2c1C(=O)OCC1CCN(C[C@H](COCc2ccccc2)NC(=O)OC(C)(C)C)CC1. The summed E-state index contributed by atoms with van der Waals surface area (Å²) in [5.74, 6) is -0.540. The molecular formula is C31H40FN3O6. The largest absolute Gasteiger partial charge is 0.482 e. The highest BCUT2D eigenvalue weighted by Gasteiger charge is 2.27. The molecule has 3 aromatic rings. The summed E-state index contributed by atoms with van der Waals surface area (Å²) in [6.07, 6.45) is 1.19. The van der Waals surface area contributed by atoms with Crippen molar-refractivity contribution in [2.24, 2.45) is 5.92 Å². The number of hydrogen-bond donors (Lipinski definition) is 2. The second-order valence-corrected chi connectivity index (χ2v) is 11.4. The van der Waals surface area contributed by atoms with E-state index in [1.54, 1.807) is 6.07 Å². The highest BCUT2D eigenvalue weighted by Crippen LogP contribution is 2.30. The van der Waals surface area contributed by atoms with E-state index >= 15 is 0 Å². The second kappa shape index (κ2) is 13.8. The lowest BCUT2D eigenvalue weighted by atomic mass is 9.97. The summed E-state index contributed by atoms with van der Waals surface area (Å²) in [6, 6.07) is 13.8. The molecule has 0 radical (unpaired) electrons. The van der Waals surface area contributed by atoms with Gasteiger partial charge in [0.1, 0.15) is 17.0 Å². The summed E-state index contributed by atoms with van der Waals surface area (Å²) in [6.45, 7) is 8.74. The number of methoxy groups -OCH3 is 1.